The van der Waals surface area contributed by atoms with Crippen LogP contribution in [0, 0.1) is 0 Å². The van der Waals surface area contributed by atoms with Crippen LogP contribution in [-0.2, 0) is 6.42 Å². The van der Waals surface area contributed by atoms with Gasteiger partial charge in [-0.25, -0.2) is 0 Å². The van der Waals surface area contributed by atoms with Crippen molar-refractivity contribution >= 4 is 35.6 Å². The summed E-state index contributed by atoms with van der Waals surface area (Å²) in [5.41, 5.74) is 6.96. The van der Waals surface area contributed by atoms with Gasteiger partial charge >= 0.3 is 0 Å². The van der Waals surface area contributed by atoms with E-state index in [1.807, 2.05) is 18.2 Å². The maximum atomic E-state index is 6.02. The summed E-state index contributed by atoms with van der Waals surface area (Å²) in [5.74, 6) is 0. The van der Waals surface area contributed by atoms with Crippen LogP contribution in [-0.4, -0.2) is 5.54 Å². The molecule has 1 aliphatic carbocycles. The van der Waals surface area contributed by atoms with Gasteiger partial charge in [-0.2, -0.15) is 0 Å². The van der Waals surface area contributed by atoms with Gasteiger partial charge in [0.15, 0.2) is 0 Å². The van der Waals surface area contributed by atoms with Gasteiger partial charge in [-0.1, -0.05) is 29.3 Å². The molecule has 14 heavy (non-hydrogen) atoms. The SMILES string of the molecule is Cl.NC1(Cc2c(Cl)cccc2Cl)CC1. The maximum absolute atomic E-state index is 6.02. The average Bonchev–Trinajstić information content (AvgIpc) is 2.78. The number of benzene rings is 1. The monoisotopic (exact) mass is 251 g/mol. The summed E-state index contributed by atoms with van der Waals surface area (Å²) in [5, 5.41) is 1.45. The van der Waals surface area contributed by atoms with Gasteiger partial charge in [-0.05, 0) is 37.0 Å². The Morgan fingerprint density at radius 3 is 2.14 bits per heavy atom. The smallest absolute Gasteiger partial charge is 0.0453 e. The summed E-state index contributed by atoms with van der Waals surface area (Å²) >= 11 is 12.0. The lowest BCUT2D eigenvalue weighted by Gasteiger charge is -2.11. The van der Waals surface area contributed by atoms with E-state index in [0.717, 1.165) is 34.9 Å². The van der Waals surface area contributed by atoms with E-state index in [4.69, 9.17) is 28.9 Å². The molecule has 0 bridgehead atoms. The highest BCUT2D eigenvalue weighted by molar-refractivity contribution is 6.36. The summed E-state index contributed by atoms with van der Waals surface area (Å²) < 4.78 is 0. The molecule has 0 atom stereocenters. The minimum atomic E-state index is -0.0331. The van der Waals surface area contributed by atoms with Gasteiger partial charge in [0.05, 0.1) is 0 Å². The molecule has 0 aromatic heterocycles. The van der Waals surface area contributed by atoms with Crippen molar-refractivity contribution in [2.24, 2.45) is 5.73 Å². The molecule has 1 nitrogen and oxygen atoms in total. The summed E-state index contributed by atoms with van der Waals surface area (Å²) in [6.07, 6.45) is 2.95. The molecule has 1 aromatic rings. The lowest BCUT2D eigenvalue weighted by atomic mass is 10.1. The fourth-order valence-electron chi connectivity index (χ4n) is 1.39. The molecule has 0 saturated heterocycles. The van der Waals surface area contributed by atoms with Crippen LogP contribution in [0.5, 0.6) is 0 Å². The van der Waals surface area contributed by atoms with Gasteiger partial charge in [-0.15, -0.1) is 12.4 Å². The molecule has 0 spiro atoms. The van der Waals surface area contributed by atoms with Gasteiger partial charge in [0.25, 0.3) is 0 Å². The van der Waals surface area contributed by atoms with Crippen molar-refractivity contribution in [3.05, 3.63) is 33.8 Å². The average molecular weight is 253 g/mol. The molecule has 0 radical (unpaired) electrons. The van der Waals surface area contributed by atoms with E-state index in [1.54, 1.807) is 0 Å². The summed E-state index contributed by atoms with van der Waals surface area (Å²) in [4.78, 5) is 0. The quantitative estimate of drug-likeness (QED) is 0.857. The lowest BCUT2D eigenvalue weighted by Crippen LogP contribution is -2.24. The first kappa shape index (κ1) is 12.1. The number of rotatable bonds is 2. The zero-order valence-corrected chi connectivity index (χ0v) is 9.92. The Kier molecular flexibility index (Phi) is 3.70. The van der Waals surface area contributed by atoms with Crippen LogP contribution in [0.3, 0.4) is 0 Å². The van der Waals surface area contributed by atoms with Crippen LogP contribution in [0.4, 0.5) is 0 Å². The fraction of sp³-hybridized carbons (Fsp3) is 0.400. The second-order valence-corrected chi connectivity index (χ2v) is 4.55. The third kappa shape index (κ3) is 2.54. The molecule has 4 heteroatoms. The van der Waals surface area contributed by atoms with Crippen LogP contribution in [0.2, 0.25) is 10.0 Å². The van der Waals surface area contributed by atoms with Crippen LogP contribution >= 0.6 is 35.6 Å². The minimum absolute atomic E-state index is 0. The number of hydrogen-bond acceptors (Lipinski definition) is 1. The lowest BCUT2D eigenvalue weighted by molar-refractivity contribution is 0.672. The Labute approximate surface area is 100.0 Å². The third-order valence-electron chi connectivity index (χ3n) is 2.48. The standard InChI is InChI=1S/C10H11Cl2N.ClH/c11-8-2-1-3-9(12)7(8)6-10(13)4-5-10;/h1-3H,4-6,13H2;1H. The molecule has 78 valence electrons. The molecule has 0 aliphatic heterocycles. The molecule has 1 saturated carbocycles. The minimum Gasteiger partial charge on any atom is -0.325 e. The number of hydrogen-bond donors (Lipinski definition) is 1. The number of halogens is 3. The number of nitrogens with two attached hydrogens (primary N) is 1. The Bertz CT molecular complexity index is 314. The van der Waals surface area contributed by atoms with Gasteiger partial charge in [0.2, 0.25) is 0 Å². The topological polar surface area (TPSA) is 26.0 Å². The molecule has 0 heterocycles. The first-order valence-corrected chi connectivity index (χ1v) is 5.08. The fourth-order valence-corrected chi connectivity index (χ4v) is 1.92. The van der Waals surface area contributed by atoms with Gasteiger partial charge in [0, 0.05) is 15.6 Å². The molecule has 2 rings (SSSR count). The molecular weight excluding hydrogens is 240 g/mol. The normalized spacial score (nSPS) is 17.4. The first-order valence-electron chi connectivity index (χ1n) is 4.32. The van der Waals surface area contributed by atoms with Crippen LogP contribution < -0.4 is 5.73 Å². The Balaban J connectivity index is 0.000000980. The van der Waals surface area contributed by atoms with Crippen molar-refractivity contribution in [3.8, 4) is 0 Å². The molecule has 2 N–H and O–H groups in total. The molecule has 0 unspecified atom stereocenters. The zero-order valence-electron chi connectivity index (χ0n) is 7.59. The van der Waals surface area contributed by atoms with E-state index in [9.17, 15) is 0 Å². The summed E-state index contributed by atoms with van der Waals surface area (Å²) in [6.45, 7) is 0. The highest BCUT2D eigenvalue weighted by Crippen LogP contribution is 2.39. The van der Waals surface area contributed by atoms with E-state index >= 15 is 0 Å². The molecular formula is C10H12Cl3N. The van der Waals surface area contributed by atoms with Crippen LogP contribution in [0.1, 0.15) is 18.4 Å². The highest BCUT2D eigenvalue weighted by atomic mass is 35.5. The van der Waals surface area contributed by atoms with E-state index < -0.39 is 0 Å². The van der Waals surface area contributed by atoms with Gasteiger partial charge in [-0.3, -0.25) is 0 Å². The third-order valence-corrected chi connectivity index (χ3v) is 3.19. The predicted molar refractivity (Wildman–Crippen MR) is 63.6 cm³/mol. The molecule has 1 aromatic carbocycles. The van der Waals surface area contributed by atoms with Crippen molar-refractivity contribution < 1.29 is 0 Å². The summed E-state index contributed by atoms with van der Waals surface area (Å²) in [6, 6.07) is 5.56. The maximum Gasteiger partial charge on any atom is 0.0453 e. The predicted octanol–water partition coefficient (Wildman–Crippen LogP) is 3.45. The van der Waals surface area contributed by atoms with Crippen molar-refractivity contribution in [1.29, 1.82) is 0 Å². The van der Waals surface area contributed by atoms with Crippen molar-refractivity contribution in [3.63, 3.8) is 0 Å². The van der Waals surface area contributed by atoms with Crippen LogP contribution in [0.15, 0.2) is 18.2 Å². The van der Waals surface area contributed by atoms with E-state index in [-0.39, 0.29) is 17.9 Å². The highest BCUT2D eigenvalue weighted by Gasteiger charge is 2.38. The molecule has 1 fully saturated rings. The van der Waals surface area contributed by atoms with E-state index in [2.05, 4.69) is 0 Å². The first-order chi connectivity index (χ1) is 6.11. The summed E-state index contributed by atoms with van der Waals surface area (Å²) in [7, 11) is 0. The Morgan fingerprint density at radius 2 is 1.71 bits per heavy atom. The van der Waals surface area contributed by atoms with Crippen molar-refractivity contribution in [2.75, 3.05) is 0 Å². The van der Waals surface area contributed by atoms with Crippen LogP contribution in [0.25, 0.3) is 0 Å². The second kappa shape index (κ2) is 4.28. The molecule has 1 aliphatic rings. The second-order valence-electron chi connectivity index (χ2n) is 3.74. The van der Waals surface area contributed by atoms with Crippen molar-refractivity contribution in [1.82, 2.24) is 0 Å². The largest absolute Gasteiger partial charge is 0.325 e. The zero-order chi connectivity index (χ0) is 9.47. The Hall–Kier alpha value is 0.0500. The van der Waals surface area contributed by atoms with Crippen molar-refractivity contribution in [2.45, 2.75) is 24.8 Å². The molecule has 0 amide bonds. The van der Waals surface area contributed by atoms with Gasteiger partial charge in [0.1, 0.15) is 0 Å². The van der Waals surface area contributed by atoms with Gasteiger partial charge < -0.3 is 5.73 Å². The van der Waals surface area contributed by atoms with E-state index in [0.29, 0.717) is 0 Å². The Morgan fingerprint density at radius 1 is 1.21 bits per heavy atom. The van der Waals surface area contributed by atoms with E-state index in [1.165, 1.54) is 0 Å².